The summed E-state index contributed by atoms with van der Waals surface area (Å²) in [6.45, 7) is 7.47. The van der Waals surface area contributed by atoms with Crippen LogP contribution in [0, 0.1) is 13.8 Å². The van der Waals surface area contributed by atoms with Crippen LogP contribution in [0.5, 0.6) is 5.75 Å². The molecule has 0 radical (unpaired) electrons. The molecule has 0 unspecified atom stereocenters. The van der Waals surface area contributed by atoms with Crippen LogP contribution in [-0.2, 0) is 13.3 Å². The molecule has 6 nitrogen and oxygen atoms in total. The van der Waals surface area contributed by atoms with Crippen LogP contribution in [0.4, 0.5) is 0 Å². The summed E-state index contributed by atoms with van der Waals surface area (Å²) in [5.74, 6) is 0.634. The first-order valence-electron chi connectivity index (χ1n) is 10.7. The van der Waals surface area contributed by atoms with E-state index in [1.807, 2.05) is 49.1 Å². The maximum absolute atomic E-state index is 12.9. The van der Waals surface area contributed by atoms with Crippen molar-refractivity contribution in [1.82, 2.24) is 19.6 Å². The van der Waals surface area contributed by atoms with Crippen LogP contribution in [0.1, 0.15) is 27.2 Å². The van der Waals surface area contributed by atoms with Gasteiger partial charge in [0, 0.05) is 59.6 Å². The molecule has 0 aliphatic carbocycles. The van der Waals surface area contributed by atoms with Gasteiger partial charge in [-0.3, -0.25) is 9.69 Å². The van der Waals surface area contributed by atoms with Crippen molar-refractivity contribution in [3.63, 3.8) is 0 Å². The lowest BCUT2D eigenvalue weighted by Crippen LogP contribution is -2.48. The molecule has 0 bridgehead atoms. The number of benzene rings is 2. The van der Waals surface area contributed by atoms with E-state index in [-0.39, 0.29) is 12.6 Å². The zero-order valence-electron chi connectivity index (χ0n) is 18.5. The van der Waals surface area contributed by atoms with E-state index in [0.29, 0.717) is 41.1 Å². The largest absolute Gasteiger partial charge is 0.471 e. The summed E-state index contributed by atoms with van der Waals surface area (Å²) in [5, 5.41) is 6.47. The second kappa shape index (κ2) is 10.3. The number of hydrogen-bond acceptors (Lipinski definition) is 4. The smallest absolute Gasteiger partial charge is 0.274 e. The second-order valence-electron chi connectivity index (χ2n) is 8.15. The molecule has 0 spiro atoms. The molecule has 4 rings (SSSR count). The molecule has 3 aromatic rings. The van der Waals surface area contributed by atoms with Crippen molar-refractivity contribution in [1.29, 1.82) is 0 Å². The van der Waals surface area contributed by atoms with Gasteiger partial charge in [0.05, 0.1) is 0 Å². The van der Waals surface area contributed by atoms with E-state index < -0.39 is 0 Å². The van der Waals surface area contributed by atoms with Crippen LogP contribution >= 0.6 is 34.8 Å². The Balaban J connectivity index is 1.31. The van der Waals surface area contributed by atoms with Gasteiger partial charge in [-0.2, -0.15) is 5.10 Å². The van der Waals surface area contributed by atoms with Gasteiger partial charge >= 0.3 is 0 Å². The summed E-state index contributed by atoms with van der Waals surface area (Å²) in [7, 11) is 0. The normalized spacial score (nSPS) is 14.5. The fourth-order valence-electron chi connectivity index (χ4n) is 3.86. The van der Waals surface area contributed by atoms with Crippen LogP contribution in [0.3, 0.4) is 0 Å². The van der Waals surface area contributed by atoms with Crippen LogP contribution in [-0.4, -0.2) is 51.7 Å². The van der Waals surface area contributed by atoms with Crippen molar-refractivity contribution in [2.45, 2.75) is 27.1 Å². The van der Waals surface area contributed by atoms with E-state index in [9.17, 15) is 4.79 Å². The highest BCUT2D eigenvalue weighted by molar-refractivity contribution is 6.36. The molecule has 174 valence electrons. The molecule has 1 aromatic heterocycles. The minimum Gasteiger partial charge on any atom is -0.471 e. The number of aryl methyl sites for hydroxylation is 2. The Hall–Kier alpha value is -2.25. The van der Waals surface area contributed by atoms with Crippen molar-refractivity contribution in [2.75, 3.05) is 26.2 Å². The molecule has 0 saturated carbocycles. The molecule has 0 atom stereocenters. The summed E-state index contributed by atoms with van der Waals surface area (Å²) in [6.07, 6.45) is 1.75. The van der Waals surface area contributed by atoms with Gasteiger partial charge in [-0.25, -0.2) is 4.68 Å². The van der Waals surface area contributed by atoms with Crippen molar-refractivity contribution in [2.24, 2.45) is 0 Å². The number of rotatable bonds is 6. The lowest BCUT2D eigenvalue weighted by atomic mass is 10.1. The first kappa shape index (κ1) is 23.9. The molecule has 1 aliphatic heterocycles. The summed E-state index contributed by atoms with van der Waals surface area (Å²) in [4.78, 5) is 17.0. The number of piperazine rings is 1. The Bertz CT molecular complexity index is 1110. The van der Waals surface area contributed by atoms with Crippen molar-refractivity contribution < 1.29 is 9.53 Å². The van der Waals surface area contributed by atoms with E-state index in [4.69, 9.17) is 39.5 Å². The van der Waals surface area contributed by atoms with Crippen LogP contribution in [0.25, 0.3) is 0 Å². The fourth-order valence-corrected chi connectivity index (χ4v) is 4.48. The summed E-state index contributed by atoms with van der Waals surface area (Å²) >= 11 is 18.8. The Kier molecular flexibility index (Phi) is 7.49. The fraction of sp³-hybridized carbons (Fsp3) is 0.333. The zero-order valence-corrected chi connectivity index (χ0v) is 20.8. The standard InChI is InChI=1S/C24H25Cl3N4O2/c1-16-12-18(13-17(2)23(16)27)33-15-31-7-6-22(28-31)24(32)30-10-8-29(9-11-30)14-19-20(25)4-3-5-21(19)26/h3-7,12-13H,8-11,14-15H2,1-2H3. The van der Waals surface area contributed by atoms with Crippen LogP contribution in [0.2, 0.25) is 15.1 Å². The van der Waals surface area contributed by atoms with E-state index in [1.54, 1.807) is 16.9 Å². The highest BCUT2D eigenvalue weighted by Crippen LogP contribution is 2.27. The predicted molar refractivity (Wildman–Crippen MR) is 131 cm³/mol. The number of carbonyl (C=O) groups excluding carboxylic acids is 1. The van der Waals surface area contributed by atoms with Crippen LogP contribution in [0.15, 0.2) is 42.6 Å². The number of nitrogens with zero attached hydrogens (tertiary/aromatic N) is 4. The van der Waals surface area contributed by atoms with E-state index in [0.717, 1.165) is 34.8 Å². The number of hydrogen-bond donors (Lipinski definition) is 0. The summed E-state index contributed by atoms with van der Waals surface area (Å²) < 4.78 is 7.44. The zero-order chi connectivity index (χ0) is 23.5. The maximum atomic E-state index is 12.9. The number of halogens is 3. The number of aromatic nitrogens is 2. The molecule has 2 aromatic carbocycles. The SMILES string of the molecule is Cc1cc(OCn2ccc(C(=O)N3CCN(Cc4c(Cl)cccc4Cl)CC3)n2)cc(C)c1Cl. The van der Waals surface area contributed by atoms with Gasteiger partial charge in [0.2, 0.25) is 0 Å². The third-order valence-electron chi connectivity index (χ3n) is 5.74. The van der Waals surface area contributed by atoms with E-state index >= 15 is 0 Å². The number of carbonyl (C=O) groups is 1. The highest BCUT2D eigenvalue weighted by atomic mass is 35.5. The average Bonchev–Trinajstić information content (AvgIpc) is 3.27. The van der Waals surface area contributed by atoms with Gasteiger partial charge in [0.25, 0.3) is 5.91 Å². The second-order valence-corrected chi connectivity index (χ2v) is 9.35. The molecule has 1 amide bonds. The minimum atomic E-state index is -0.0812. The topological polar surface area (TPSA) is 50.6 Å². The predicted octanol–water partition coefficient (Wildman–Crippen LogP) is 5.45. The molecule has 1 aliphatic rings. The Morgan fingerprint density at radius 1 is 1.00 bits per heavy atom. The summed E-state index contributed by atoms with van der Waals surface area (Å²) in [6, 6.07) is 11.0. The van der Waals surface area contributed by atoms with Gasteiger partial charge in [-0.05, 0) is 55.3 Å². The molecule has 2 heterocycles. The lowest BCUT2D eigenvalue weighted by Gasteiger charge is -2.34. The molecular weight excluding hydrogens is 483 g/mol. The molecular formula is C24H25Cl3N4O2. The monoisotopic (exact) mass is 506 g/mol. The molecule has 1 fully saturated rings. The van der Waals surface area contributed by atoms with E-state index in [2.05, 4.69) is 10.00 Å². The van der Waals surface area contributed by atoms with Crippen molar-refractivity contribution in [3.05, 3.63) is 80.0 Å². The first-order chi connectivity index (χ1) is 15.8. The highest BCUT2D eigenvalue weighted by Gasteiger charge is 2.24. The van der Waals surface area contributed by atoms with Crippen molar-refractivity contribution >= 4 is 40.7 Å². The van der Waals surface area contributed by atoms with Crippen molar-refractivity contribution in [3.8, 4) is 5.75 Å². The van der Waals surface area contributed by atoms with E-state index in [1.165, 1.54) is 0 Å². The number of amides is 1. The van der Waals surface area contributed by atoms with Gasteiger partial charge in [-0.1, -0.05) is 40.9 Å². The Morgan fingerprint density at radius 2 is 1.64 bits per heavy atom. The minimum absolute atomic E-state index is 0.0812. The van der Waals surface area contributed by atoms with Crippen LogP contribution < -0.4 is 4.74 Å². The quantitative estimate of drug-likeness (QED) is 0.445. The average molecular weight is 508 g/mol. The van der Waals surface area contributed by atoms with Gasteiger partial charge in [0.15, 0.2) is 12.4 Å². The summed E-state index contributed by atoms with van der Waals surface area (Å²) in [5.41, 5.74) is 3.24. The van der Waals surface area contributed by atoms with Gasteiger partial charge < -0.3 is 9.64 Å². The van der Waals surface area contributed by atoms with Gasteiger partial charge in [0.1, 0.15) is 5.75 Å². The third-order valence-corrected chi connectivity index (χ3v) is 7.04. The third kappa shape index (κ3) is 5.64. The molecule has 0 N–H and O–H groups in total. The lowest BCUT2D eigenvalue weighted by molar-refractivity contribution is 0.0621. The Labute approximate surface area is 208 Å². The molecule has 1 saturated heterocycles. The first-order valence-corrected chi connectivity index (χ1v) is 11.8. The molecule has 33 heavy (non-hydrogen) atoms. The molecule has 9 heteroatoms. The maximum Gasteiger partial charge on any atom is 0.274 e. The Morgan fingerprint density at radius 3 is 2.27 bits per heavy atom. The number of ether oxygens (including phenoxy) is 1. The van der Waals surface area contributed by atoms with Gasteiger partial charge in [-0.15, -0.1) is 0 Å².